The Kier molecular flexibility index (Phi) is 4.66. The Morgan fingerprint density at radius 3 is 2.65 bits per heavy atom. The molecule has 0 unspecified atom stereocenters. The minimum absolute atomic E-state index is 0.0785. The van der Waals surface area contributed by atoms with Crippen molar-refractivity contribution in [1.29, 1.82) is 0 Å². The lowest BCUT2D eigenvalue weighted by atomic mass is 10.1. The fraction of sp³-hybridized carbons (Fsp3) is 0.333. The van der Waals surface area contributed by atoms with Crippen LogP contribution in [0, 0.1) is 6.92 Å². The van der Waals surface area contributed by atoms with Gasteiger partial charge < -0.3 is 16.4 Å². The first-order chi connectivity index (χ1) is 8.08. The van der Waals surface area contributed by atoms with Crippen molar-refractivity contribution >= 4 is 17.5 Å². The Hall–Kier alpha value is -1.88. The maximum atomic E-state index is 11.6. The summed E-state index contributed by atoms with van der Waals surface area (Å²) in [7, 11) is 0. The molecule has 0 spiro atoms. The number of aryl methyl sites for hydroxylation is 1. The summed E-state index contributed by atoms with van der Waals surface area (Å²) in [5.41, 5.74) is 7.25. The lowest BCUT2D eigenvalue weighted by molar-refractivity contribution is -0.114. The summed E-state index contributed by atoms with van der Waals surface area (Å²) < 4.78 is 0. The zero-order chi connectivity index (χ0) is 12.8. The van der Waals surface area contributed by atoms with Gasteiger partial charge in [0.25, 0.3) is 5.91 Å². The normalized spacial score (nSPS) is 9.82. The molecule has 0 aromatic heterocycles. The van der Waals surface area contributed by atoms with E-state index in [1.807, 2.05) is 13.8 Å². The van der Waals surface area contributed by atoms with Gasteiger partial charge in [0.05, 0.1) is 6.54 Å². The van der Waals surface area contributed by atoms with E-state index >= 15 is 0 Å². The molecule has 1 rings (SSSR count). The number of hydrogen-bond donors (Lipinski definition) is 3. The van der Waals surface area contributed by atoms with E-state index in [1.54, 1.807) is 18.2 Å². The van der Waals surface area contributed by atoms with E-state index in [1.165, 1.54) is 0 Å². The van der Waals surface area contributed by atoms with Gasteiger partial charge in [0.15, 0.2) is 0 Å². The van der Waals surface area contributed by atoms with E-state index in [0.717, 1.165) is 5.56 Å². The Labute approximate surface area is 100 Å². The fourth-order valence-corrected chi connectivity index (χ4v) is 1.36. The van der Waals surface area contributed by atoms with Gasteiger partial charge >= 0.3 is 0 Å². The van der Waals surface area contributed by atoms with E-state index < -0.39 is 0 Å². The number of carbonyl (C=O) groups is 2. The highest BCUT2D eigenvalue weighted by atomic mass is 16.2. The lowest BCUT2D eigenvalue weighted by Gasteiger charge is -2.09. The quantitative estimate of drug-likeness (QED) is 0.716. The van der Waals surface area contributed by atoms with Gasteiger partial charge in [0, 0.05) is 17.8 Å². The van der Waals surface area contributed by atoms with E-state index in [-0.39, 0.29) is 18.4 Å². The second-order valence-corrected chi connectivity index (χ2v) is 3.64. The SMILES string of the molecule is CCNC(=O)c1ccc(C)c(NC(=O)CN)c1. The van der Waals surface area contributed by atoms with Crippen LogP contribution in [-0.2, 0) is 4.79 Å². The maximum Gasteiger partial charge on any atom is 0.251 e. The highest BCUT2D eigenvalue weighted by molar-refractivity contribution is 5.98. The zero-order valence-corrected chi connectivity index (χ0v) is 10.0. The fourth-order valence-electron chi connectivity index (χ4n) is 1.36. The molecule has 4 N–H and O–H groups in total. The summed E-state index contributed by atoms with van der Waals surface area (Å²) in [4.78, 5) is 22.8. The van der Waals surface area contributed by atoms with Crippen LogP contribution in [-0.4, -0.2) is 24.9 Å². The van der Waals surface area contributed by atoms with Crippen LogP contribution >= 0.6 is 0 Å². The van der Waals surface area contributed by atoms with Crippen LogP contribution < -0.4 is 16.4 Å². The number of benzene rings is 1. The third-order valence-corrected chi connectivity index (χ3v) is 2.30. The standard InChI is InChI=1S/C12H17N3O2/c1-3-14-12(17)9-5-4-8(2)10(6-9)15-11(16)7-13/h4-6H,3,7,13H2,1-2H3,(H,14,17)(H,15,16). The average Bonchev–Trinajstić information content (AvgIpc) is 2.32. The Bertz CT molecular complexity index is 430. The summed E-state index contributed by atoms with van der Waals surface area (Å²) in [6.07, 6.45) is 0. The number of rotatable bonds is 4. The molecule has 2 amide bonds. The summed E-state index contributed by atoms with van der Waals surface area (Å²) in [5, 5.41) is 5.35. The van der Waals surface area contributed by atoms with Crippen LogP contribution in [0.3, 0.4) is 0 Å². The van der Waals surface area contributed by atoms with Crippen LogP contribution in [0.15, 0.2) is 18.2 Å². The molecule has 5 nitrogen and oxygen atoms in total. The molecular formula is C12H17N3O2. The van der Waals surface area contributed by atoms with Gasteiger partial charge in [-0.05, 0) is 31.5 Å². The molecule has 17 heavy (non-hydrogen) atoms. The Morgan fingerprint density at radius 1 is 1.35 bits per heavy atom. The highest BCUT2D eigenvalue weighted by Crippen LogP contribution is 2.16. The van der Waals surface area contributed by atoms with Gasteiger partial charge in [-0.25, -0.2) is 0 Å². The van der Waals surface area contributed by atoms with Gasteiger partial charge in [-0.1, -0.05) is 6.07 Å². The highest BCUT2D eigenvalue weighted by Gasteiger charge is 2.08. The van der Waals surface area contributed by atoms with Crippen molar-refractivity contribution in [2.75, 3.05) is 18.4 Å². The largest absolute Gasteiger partial charge is 0.352 e. The topological polar surface area (TPSA) is 84.2 Å². The second-order valence-electron chi connectivity index (χ2n) is 3.64. The van der Waals surface area contributed by atoms with E-state index in [2.05, 4.69) is 10.6 Å². The van der Waals surface area contributed by atoms with Gasteiger partial charge in [0.1, 0.15) is 0 Å². The molecule has 0 aliphatic carbocycles. The van der Waals surface area contributed by atoms with Gasteiger partial charge in [-0.15, -0.1) is 0 Å². The minimum atomic E-state index is -0.277. The van der Waals surface area contributed by atoms with Crippen LogP contribution in [0.1, 0.15) is 22.8 Å². The maximum absolute atomic E-state index is 11.6. The molecule has 5 heteroatoms. The molecule has 0 saturated carbocycles. The predicted molar refractivity (Wildman–Crippen MR) is 66.9 cm³/mol. The molecular weight excluding hydrogens is 218 g/mol. The van der Waals surface area contributed by atoms with E-state index in [4.69, 9.17) is 5.73 Å². The first-order valence-corrected chi connectivity index (χ1v) is 5.47. The molecule has 0 fully saturated rings. The third-order valence-electron chi connectivity index (χ3n) is 2.30. The minimum Gasteiger partial charge on any atom is -0.352 e. The first-order valence-electron chi connectivity index (χ1n) is 5.47. The molecule has 0 aliphatic rings. The summed E-state index contributed by atoms with van der Waals surface area (Å²) >= 11 is 0. The second kappa shape index (κ2) is 6.00. The van der Waals surface area contributed by atoms with Crippen molar-refractivity contribution in [3.63, 3.8) is 0 Å². The molecule has 0 aliphatic heterocycles. The van der Waals surface area contributed by atoms with Crippen molar-refractivity contribution in [2.45, 2.75) is 13.8 Å². The van der Waals surface area contributed by atoms with Crippen molar-refractivity contribution in [3.8, 4) is 0 Å². The van der Waals surface area contributed by atoms with E-state index in [9.17, 15) is 9.59 Å². The van der Waals surface area contributed by atoms with E-state index in [0.29, 0.717) is 17.8 Å². The summed E-state index contributed by atoms with van der Waals surface area (Å²) in [5.74, 6) is -0.433. The van der Waals surface area contributed by atoms with Gasteiger partial charge in [-0.2, -0.15) is 0 Å². The Balaban J connectivity index is 2.93. The van der Waals surface area contributed by atoms with Crippen LogP contribution in [0.2, 0.25) is 0 Å². The predicted octanol–water partition coefficient (Wildman–Crippen LogP) is 0.642. The lowest BCUT2D eigenvalue weighted by Crippen LogP contribution is -2.24. The Morgan fingerprint density at radius 2 is 2.06 bits per heavy atom. The van der Waals surface area contributed by atoms with Crippen LogP contribution in [0.25, 0.3) is 0 Å². The van der Waals surface area contributed by atoms with Crippen LogP contribution in [0.5, 0.6) is 0 Å². The zero-order valence-electron chi connectivity index (χ0n) is 10.0. The van der Waals surface area contributed by atoms with Crippen molar-refractivity contribution in [1.82, 2.24) is 5.32 Å². The molecule has 92 valence electrons. The molecule has 0 atom stereocenters. The van der Waals surface area contributed by atoms with Crippen molar-refractivity contribution in [3.05, 3.63) is 29.3 Å². The number of nitrogens with two attached hydrogens (primary N) is 1. The smallest absolute Gasteiger partial charge is 0.251 e. The monoisotopic (exact) mass is 235 g/mol. The van der Waals surface area contributed by atoms with Gasteiger partial charge in [0.2, 0.25) is 5.91 Å². The number of carbonyl (C=O) groups excluding carboxylic acids is 2. The van der Waals surface area contributed by atoms with Crippen LogP contribution in [0.4, 0.5) is 5.69 Å². The number of anilines is 1. The molecule has 0 saturated heterocycles. The van der Waals surface area contributed by atoms with Gasteiger partial charge in [-0.3, -0.25) is 9.59 Å². The van der Waals surface area contributed by atoms with Crippen molar-refractivity contribution < 1.29 is 9.59 Å². The number of hydrogen-bond acceptors (Lipinski definition) is 3. The third kappa shape index (κ3) is 3.57. The van der Waals surface area contributed by atoms with Crippen molar-refractivity contribution in [2.24, 2.45) is 5.73 Å². The molecule has 1 aromatic carbocycles. The number of amides is 2. The summed E-state index contributed by atoms with van der Waals surface area (Å²) in [6, 6.07) is 5.16. The first kappa shape index (κ1) is 13.2. The molecule has 0 bridgehead atoms. The molecule has 0 heterocycles. The molecule has 1 aromatic rings. The average molecular weight is 235 g/mol. The molecule has 0 radical (unpaired) electrons. The number of nitrogens with one attached hydrogen (secondary N) is 2. The summed E-state index contributed by atoms with van der Waals surface area (Å²) in [6.45, 7) is 4.19.